The molecule has 120 valence electrons. The minimum Gasteiger partial charge on any atom is -0.399 e. The van der Waals surface area contributed by atoms with Crippen molar-refractivity contribution < 1.29 is 0 Å². The van der Waals surface area contributed by atoms with Crippen LogP contribution >= 0.6 is 0 Å². The second-order valence-corrected chi connectivity index (χ2v) is 5.81. The van der Waals surface area contributed by atoms with Gasteiger partial charge in [-0.25, -0.2) is 0 Å². The van der Waals surface area contributed by atoms with Gasteiger partial charge in [-0.05, 0) is 36.2 Å². The summed E-state index contributed by atoms with van der Waals surface area (Å²) in [6.07, 6.45) is 5.84. The molecule has 4 nitrogen and oxygen atoms in total. The van der Waals surface area contributed by atoms with Crippen LogP contribution in [0.4, 0.5) is 17.1 Å². The highest BCUT2D eigenvalue weighted by atomic mass is 15.1. The van der Waals surface area contributed by atoms with Gasteiger partial charge in [0, 0.05) is 49.1 Å². The summed E-state index contributed by atoms with van der Waals surface area (Å²) < 4.78 is 0. The maximum Gasteiger partial charge on any atom is 0.0734 e. The minimum absolute atomic E-state index is 0.431. The highest BCUT2D eigenvalue weighted by Crippen LogP contribution is 2.26. The first-order chi connectivity index (χ1) is 11.0. The van der Waals surface area contributed by atoms with Gasteiger partial charge in [-0.1, -0.05) is 26.0 Å². The third-order valence-corrected chi connectivity index (χ3v) is 3.47. The summed E-state index contributed by atoms with van der Waals surface area (Å²) in [5.74, 6) is 0.431. The molecule has 2 N–H and O–H groups in total. The summed E-state index contributed by atoms with van der Waals surface area (Å²) >= 11 is 0. The molecule has 0 fully saturated rings. The molecular formula is C19H24N4. The van der Waals surface area contributed by atoms with Gasteiger partial charge >= 0.3 is 0 Å². The molecule has 1 aromatic heterocycles. The zero-order valence-corrected chi connectivity index (χ0v) is 14.2. The molecule has 0 saturated heterocycles. The second kappa shape index (κ2) is 7.58. The van der Waals surface area contributed by atoms with Crippen molar-refractivity contribution in [2.24, 2.45) is 10.9 Å². The van der Waals surface area contributed by atoms with E-state index in [2.05, 4.69) is 40.9 Å². The molecule has 2 rings (SSSR count). The number of aliphatic imine (C=N–C) groups is 1. The fraction of sp³-hybridized carbons (Fsp3) is 0.263. The number of pyridine rings is 1. The lowest BCUT2D eigenvalue weighted by atomic mass is 10.1. The van der Waals surface area contributed by atoms with Gasteiger partial charge in [0.2, 0.25) is 0 Å². The van der Waals surface area contributed by atoms with Crippen molar-refractivity contribution in [1.82, 2.24) is 4.98 Å². The van der Waals surface area contributed by atoms with Gasteiger partial charge in [-0.3, -0.25) is 9.98 Å². The van der Waals surface area contributed by atoms with Gasteiger partial charge in [0.15, 0.2) is 0 Å². The number of anilines is 3. The Morgan fingerprint density at radius 3 is 2.61 bits per heavy atom. The number of benzene rings is 1. The number of nitrogens with two attached hydrogens (primary N) is 1. The number of hydrogen-bond acceptors (Lipinski definition) is 4. The largest absolute Gasteiger partial charge is 0.399 e. The van der Waals surface area contributed by atoms with E-state index in [1.54, 1.807) is 7.05 Å². The molecule has 0 aliphatic rings. The smallest absolute Gasteiger partial charge is 0.0734 e. The van der Waals surface area contributed by atoms with E-state index < -0.39 is 0 Å². The average Bonchev–Trinajstić information content (AvgIpc) is 2.53. The van der Waals surface area contributed by atoms with Crippen molar-refractivity contribution in [3.8, 4) is 0 Å². The van der Waals surface area contributed by atoms with Gasteiger partial charge in [-0.15, -0.1) is 0 Å². The van der Waals surface area contributed by atoms with Crippen LogP contribution in [0, 0.1) is 5.92 Å². The van der Waals surface area contributed by atoms with Crippen molar-refractivity contribution in [3.63, 3.8) is 0 Å². The van der Waals surface area contributed by atoms with Crippen LogP contribution in [-0.2, 0) is 0 Å². The standard InChI is InChI=1S/C19H24N4/c1-14(2)10-15(13-21-3)19-12-18(8-9-22-19)23(4)17-7-5-6-16(20)11-17/h5-14H,20H2,1-4H3/b15-10+,21-13?. The highest BCUT2D eigenvalue weighted by Gasteiger charge is 2.08. The molecule has 0 bridgehead atoms. The van der Waals surface area contributed by atoms with Crippen LogP contribution in [0.25, 0.3) is 5.57 Å². The Morgan fingerprint density at radius 2 is 1.96 bits per heavy atom. The SMILES string of the molecule is CN=C/C(=C\C(C)C)c1cc(N(C)c2cccc(N)c2)ccn1. The van der Waals surface area contributed by atoms with Gasteiger partial charge in [0.1, 0.15) is 0 Å². The van der Waals surface area contributed by atoms with E-state index in [9.17, 15) is 0 Å². The summed E-state index contributed by atoms with van der Waals surface area (Å²) in [5, 5.41) is 0. The van der Waals surface area contributed by atoms with E-state index in [1.807, 2.05) is 49.8 Å². The molecule has 2 aromatic rings. The van der Waals surface area contributed by atoms with Crippen LogP contribution in [0.3, 0.4) is 0 Å². The maximum absolute atomic E-state index is 5.88. The van der Waals surface area contributed by atoms with E-state index >= 15 is 0 Å². The van der Waals surface area contributed by atoms with Gasteiger partial charge in [0.25, 0.3) is 0 Å². The van der Waals surface area contributed by atoms with E-state index in [0.29, 0.717) is 5.92 Å². The zero-order valence-electron chi connectivity index (χ0n) is 14.2. The summed E-state index contributed by atoms with van der Waals surface area (Å²) in [5.41, 5.74) is 10.7. The molecule has 1 heterocycles. The first-order valence-electron chi connectivity index (χ1n) is 7.71. The quantitative estimate of drug-likeness (QED) is 0.666. The normalized spacial score (nSPS) is 12.1. The fourth-order valence-electron chi connectivity index (χ4n) is 2.36. The Hall–Kier alpha value is -2.62. The molecule has 0 radical (unpaired) electrons. The average molecular weight is 308 g/mol. The Labute approximate surface area is 138 Å². The number of nitrogen functional groups attached to an aromatic ring is 1. The van der Waals surface area contributed by atoms with E-state index in [1.165, 1.54) is 0 Å². The molecule has 0 amide bonds. The van der Waals surface area contributed by atoms with Crippen molar-refractivity contribution in [3.05, 3.63) is 54.4 Å². The highest BCUT2D eigenvalue weighted by molar-refractivity contribution is 6.09. The molecule has 0 aliphatic heterocycles. The molecule has 23 heavy (non-hydrogen) atoms. The van der Waals surface area contributed by atoms with Crippen LogP contribution < -0.4 is 10.6 Å². The predicted molar refractivity (Wildman–Crippen MR) is 100 cm³/mol. The summed E-state index contributed by atoms with van der Waals surface area (Å²) in [6, 6.07) is 11.9. The molecule has 0 saturated carbocycles. The van der Waals surface area contributed by atoms with Crippen LogP contribution in [0.2, 0.25) is 0 Å². The monoisotopic (exact) mass is 308 g/mol. The summed E-state index contributed by atoms with van der Waals surface area (Å²) in [6.45, 7) is 4.29. The molecule has 0 spiro atoms. The Bertz CT molecular complexity index is 717. The fourth-order valence-corrected chi connectivity index (χ4v) is 2.36. The van der Waals surface area contributed by atoms with Crippen LogP contribution in [0.5, 0.6) is 0 Å². The number of rotatable bonds is 5. The predicted octanol–water partition coefficient (Wildman–Crippen LogP) is 4.17. The first kappa shape index (κ1) is 16.7. The number of nitrogens with zero attached hydrogens (tertiary/aromatic N) is 3. The molecular weight excluding hydrogens is 284 g/mol. The number of aromatic nitrogens is 1. The minimum atomic E-state index is 0.431. The zero-order chi connectivity index (χ0) is 16.8. The second-order valence-electron chi connectivity index (χ2n) is 5.81. The van der Waals surface area contributed by atoms with Crippen molar-refractivity contribution in [2.75, 3.05) is 24.7 Å². The summed E-state index contributed by atoms with van der Waals surface area (Å²) in [4.78, 5) is 10.7. The van der Waals surface area contributed by atoms with E-state index in [4.69, 9.17) is 5.73 Å². The lowest BCUT2D eigenvalue weighted by molar-refractivity contribution is 0.834. The van der Waals surface area contributed by atoms with Gasteiger partial charge in [-0.2, -0.15) is 0 Å². The number of hydrogen-bond donors (Lipinski definition) is 1. The van der Waals surface area contributed by atoms with Gasteiger partial charge < -0.3 is 10.6 Å². The Kier molecular flexibility index (Phi) is 5.52. The third kappa shape index (κ3) is 4.42. The molecule has 1 aromatic carbocycles. The van der Waals surface area contributed by atoms with E-state index in [-0.39, 0.29) is 0 Å². The molecule has 0 unspecified atom stereocenters. The van der Waals surface area contributed by atoms with Crippen molar-refractivity contribution >= 4 is 28.8 Å². The third-order valence-electron chi connectivity index (χ3n) is 3.47. The molecule has 4 heteroatoms. The van der Waals surface area contributed by atoms with Crippen molar-refractivity contribution in [2.45, 2.75) is 13.8 Å². The molecule has 0 aliphatic carbocycles. The van der Waals surface area contributed by atoms with Gasteiger partial charge in [0.05, 0.1) is 5.69 Å². The maximum atomic E-state index is 5.88. The first-order valence-corrected chi connectivity index (χ1v) is 7.71. The topological polar surface area (TPSA) is 54.5 Å². The lowest BCUT2D eigenvalue weighted by Gasteiger charge is -2.20. The molecule has 0 atom stereocenters. The Morgan fingerprint density at radius 1 is 1.22 bits per heavy atom. The summed E-state index contributed by atoms with van der Waals surface area (Å²) in [7, 11) is 3.80. The van der Waals surface area contributed by atoms with Crippen molar-refractivity contribution in [1.29, 1.82) is 0 Å². The lowest BCUT2D eigenvalue weighted by Crippen LogP contribution is -2.10. The van der Waals surface area contributed by atoms with Crippen LogP contribution in [0.1, 0.15) is 19.5 Å². The Balaban J connectivity index is 2.39. The van der Waals surface area contributed by atoms with E-state index in [0.717, 1.165) is 28.3 Å². The van der Waals surface area contributed by atoms with Crippen LogP contribution in [-0.4, -0.2) is 25.3 Å². The number of allylic oxidation sites excluding steroid dienone is 2. The van der Waals surface area contributed by atoms with Crippen LogP contribution in [0.15, 0.2) is 53.7 Å².